The maximum atomic E-state index is 12.8. The molecule has 0 aliphatic heterocycles. The molecule has 0 fully saturated rings. The van der Waals surface area contributed by atoms with Crippen LogP contribution in [-0.4, -0.2) is 30.4 Å². The van der Waals surface area contributed by atoms with Crippen molar-refractivity contribution >= 4 is 23.5 Å². The fourth-order valence-electron chi connectivity index (χ4n) is 2.30. The van der Waals surface area contributed by atoms with Crippen LogP contribution in [0.5, 0.6) is 0 Å². The number of aryl methyl sites for hydroxylation is 1. The summed E-state index contributed by atoms with van der Waals surface area (Å²) in [4.78, 5) is 25.9. The van der Waals surface area contributed by atoms with Crippen molar-refractivity contribution in [3.63, 3.8) is 0 Å². The lowest BCUT2D eigenvalue weighted by Crippen LogP contribution is -2.32. The molecular formula is C19H20ClNO3. The first-order chi connectivity index (χ1) is 11.5. The average molecular weight is 346 g/mol. The first-order valence-electron chi connectivity index (χ1n) is 7.67. The minimum Gasteiger partial charge on any atom is -0.469 e. The van der Waals surface area contributed by atoms with Gasteiger partial charge < -0.3 is 9.64 Å². The highest BCUT2D eigenvalue weighted by Gasteiger charge is 2.18. The van der Waals surface area contributed by atoms with E-state index in [1.54, 1.807) is 29.2 Å². The summed E-state index contributed by atoms with van der Waals surface area (Å²) in [5.74, 6) is -0.509. The van der Waals surface area contributed by atoms with Gasteiger partial charge in [-0.15, -0.1) is 0 Å². The van der Waals surface area contributed by atoms with Crippen LogP contribution in [0.2, 0.25) is 5.02 Å². The van der Waals surface area contributed by atoms with Gasteiger partial charge in [0.25, 0.3) is 5.91 Å². The molecule has 0 radical (unpaired) electrons. The summed E-state index contributed by atoms with van der Waals surface area (Å²) in [6, 6.07) is 14.8. The molecule has 2 aromatic carbocycles. The first kappa shape index (κ1) is 18.0. The topological polar surface area (TPSA) is 46.6 Å². The molecule has 0 atom stereocenters. The summed E-state index contributed by atoms with van der Waals surface area (Å²) in [5.41, 5.74) is 2.65. The first-order valence-corrected chi connectivity index (χ1v) is 8.04. The van der Waals surface area contributed by atoms with Gasteiger partial charge in [-0.3, -0.25) is 9.59 Å². The molecule has 0 aliphatic carbocycles. The molecule has 24 heavy (non-hydrogen) atoms. The van der Waals surface area contributed by atoms with E-state index < -0.39 is 0 Å². The predicted octanol–water partition coefficient (Wildman–Crippen LogP) is 3.85. The monoisotopic (exact) mass is 345 g/mol. The minimum absolute atomic E-state index is 0.147. The number of nitrogens with zero attached hydrogens (tertiary/aromatic N) is 1. The average Bonchev–Trinajstić information content (AvgIpc) is 2.59. The van der Waals surface area contributed by atoms with Gasteiger partial charge in [0.1, 0.15) is 0 Å². The summed E-state index contributed by atoms with van der Waals surface area (Å²) in [5, 5.41) is 0.504. The van der Waals surface area contributed by atoms with E-state index in [9.17, 15) is 9.59 Å². The quantitative estimate of drug-likeness (QED) is 0.747. The zero-order valence-electron chi connectivity index (χ0n) is 13.8. The van der Waals surface area contributed by atoms with E-state index >= 15 is 0 Å². The third-order valence-electron chi connectivity index (χ3n) is 3.67. The number of methoxy groups -OCH3 is 1. The Bertz CT molecular complexity index is 713. The number of carbonyl (C=O) groups is 2. The molecule has 0 saturated carbocycles. The van der Waals surface area contributed by atoms with E-state index in [-0.39, 0.29) is 24.8 Å². The molecule has 0 bridgehead atoms. The van der Waals surface area contributed by atoms with Crippen LogP contribution in [0.4, 0.5) is 0 Å². The number of carbonyl (C=O) groups excluding carboxylic acids is 2. The number of ether oxygens (including phenoxy) is 1. The maximum Gasteiger partial charge on any atom is 0.307 e. The molecule has 0 N–H and O–H groups in total. The fourth-order valence-corrected chi connectivity index (χ4v) is 2.49. The molecule has 126 valence electrons. The molecular weight excluding hydrogens is 326 g/mol. The van der Waals surface area contributed by atoms with Gasteiger partial charge in [-0.05, 0) is 30.7 Å². The summed E-state index contributed by atoms with van der Waals surface area (Å²) in [6.45, 7) is 2.71. The van der Waals surface area contributed by atoms with Crippen molar-refractivity contribution in [2.75, 3.05) is 13.7 Å². The Morgan fingerprint density at radius 2 is 1.83 bits per heavy atom. The Morgan fingerprint density at radius 3 is 2.46 bits per heavy atom. The third-order valence-corrected chi connectivity index (χ3v) is 3.90. The number of hydrogen-bond acceptors (Lipinski definition) is 3. The number of halogens is 1. The van der Waals surface area contributed by atoms with E-state index in [1.807, 2.05) is 31.2 Å². The summed E-state index contributed by atoms with van der Waals surface area (Å²) in [7, 11) is 1.34. The molecule has 0 unspecified atom stereocenters. The number of benzene rings is 2. The molecule has 2 rings (SSSR count). The second-order valence-electron chi connectivity index (χ2n) is 5.55. The van der Waals surface area contributed by atoms with Crippen LogP contribution >= 0.6 is 11.6 Å². The largest absolute Gasteiger partial charge is 0.469 e. The lowest BCUT2D eigenvalue weighted by atomic mass is 10.1. The Labute approximate surface area is 147 Å². The van der Waals surface area contributed by atoms with Crippen LogP contribution < -0.4 is 0 Å². The molecule has 1 amide bonds. The van der Waals surface area contributed by atoms with Gasteiger partial charge in [-0.1, -0.05) is 47.5 Å². The zero-order valence-corrected chi connectivity index (χ0v) is 14.5. The van der Waals surface area contributed by atoms with Gasteiger partial charge in [0.05, 0.1) is 13.5 Å². The van der Waals surface area contributed by atoms with E-state index in [2.05, 4.69) is 4.74 Å². The predicted molar refractivity (Wildman–Crippen MR) is 94.0 cm³/mol. The van der Waals surface area contributed by atoms with Gasteiger partial charge in [0.2, 0.25) is 0 Å². The van der Waals surface area contributed by atoms with Crippen molar-refractivity contribution in [1.82, 2.24) is 4.90 Å². The maximum absolute atomic E-state index is 12.8. The fraction of sp³-hybridized carbons (Fsp3) is 0.263. The second-order valence-corrected chi connectivity index (χ2v) is 5.99. The van der Waals surface area contributed by atoms with Crippen LogP contribution in [0.3, 0.4) is 0 Å². The third kappa shape index (κ3) is 5.10. The zero-order chi connectivity index (χ0) is 17.5. The molecule has 2 aromatic rings. The van der Waals surface area contributed by atoms with Crippen LogP contribution in [0.1, 0.15) is 27.9 Å². The van der Waals surface area contributed by atoms with Crippen molar-refractivity contribution < 1.29 is 14.3 Å². The van der Waals surface area contributed by atoms with E-state index in [4.69, 9.17) is 11.6 Å². The molecule has 5 heteroatoms. The smallest absolute Gasteiger partial charge is 0.307 e. The van der Waals surface area contributed by atoms with Crippen molar-refractivity contribution in [2.24, 2.45) is 0 Å². The van der Waals surface area contributed by atoms with Crippen molar-refractivity contribution in [3.05, 3.63) is 70.2 Å². The minimum atomic E-state index is -0.345. The lowest BCUT2D eigenvalue weighted by Gasteiger charge is -2.23. The van der Waals surface area contributed by atoms with Gasteiger partial charge in [-0.2, -0.15) is 0 Å². The van der Waals surface area contributed by atoms with Gasteiger partial charge in [0.15, 0.2) is 0 Å². The SMILES string of the molecule is COC(=O)CCN(Cc1ccc(C)cc1)C(=O)c1cccc(Cl)c1. The number of rotatable bonds is 6. The van der Waals surface area contributed by atoms with Crippen molar-refractivity contribution in [1.29, 1.82) is 0 Å². The molecule has 0 aromatic heterocycles. The molecule has 0 spiro atoms. The molecule has 4 nitrogen and oxygen atoms in total. The van der Waals surface area contributed by atoms with Crippen molar-refractivity contribution in [3.8, 4) is 0 Å². The molecule has 0 heterocycles. The summed E-state index contributed by atoms with van der Waals surface area (Å²) >= 11 is 5.98. The van der Waals surface area contributed by atoms with Gasteiger partial charge >= 0.3 is 5.97 Å². The van der Waals surface area contributed by atoms with E-state index in [1.165, 1.54) is 7.11 Å². The van der Waals surface area contributed by atoms with E-state index in [0.29, 0.717) is 17.1 Å². The summed E-state index contributed by atoms with van der Waals surface area (Å²) < 4.78 is 4.67. The molecule has 0 aliphatic rings. The highest BCUT2D eigenvalue weighted by Crippen LogP contribution is 2.15. The highest BCUT2D eigenvalue weighted by atomic mass is 35.5. The Kier molecular flexibility index (Phi) is 6.38. The van der Waals surface area contributed by atoms with Crippen LogP contribution in [0, 0.1) is 6.92 Å². The van der Waals surface area contributed by atoms with Crippen LogP contribution in [0.25, 0.3) is 0 Å². The molecule has 0 saturated heterocycles. The van der Waals surface area contributed by atoms with E-state index in [0.717, 1.165) is 11.1 Å². The normalized spacial score (nSPS) is 10.3. The standard InChI is InChI=1S/C19H20ClNO3/c1-14-6-8-15(9-7-14)13-21(11-10-18(22)24-2)19(23)16-4-3-5-17(20)12-16/h3-9,12H,10-11,13H2,1-2H3. The second kappa shape index (κ2) is 8.50. The van der Waals surface area contributed by atoms with Gasteiger partial charge in [-0.25, -0.2) is 0 Å². The Morgan fingerprint density at radius 1 is 1.12 bits per heavy atom. The Hall–Kier alpha value is -2.33. The highest BCUT2D eigenvalue weighted by molar-refractivity contribution is 6.30. The lowest BCUT2D eigenvalue weighted by molar-refractivity contribution is -0.140. The number of hydrogen-bond donors (Lipinski definition) is 0. The van der Waals surface area contributed by atoms with Crippen LogP contribution in [-0.2, 0) is 16.1 Å². The summed E-state index contributed by atoms with van der Waals surface area (Å²) in [6.07, 6.45) is 0.147. The Balaban J connectivity index is 2.19. The van der Waals surface area contributed by atoms with Crippen LogP contribution in [0.15, 0.2) is 48.5 Å². The number of esters is 1. The number of amides is 1. The van der Waals surface area contributed by atoms with Crippen molar-refractivity contribution in [2.45, 2.75) is 19.9 Å². The van der Waals surface area contributed by atoms with Gasteiger partial charge in [0, 0.05) is 23.7 Å².